The summed E-state index contributed by atoms with van der Waals surface area (Å²) < 4.78 is 41.8. The maximum atomic E-state index is 12.4. The van der Waals surface area contributed by atoms with Crippen molar-refractivity contribution in [3.63, 3.8) is 0 Å². The van der Waals surface area contributed by atoms with Crippen LogP contribution in [0.4, 0.5) is 0 Å². The molecule has 0 heterocycles. The average molecular weight is 357 g/mol. The van der Waals surface area contributed by atoms with Gasteiger partial charge < -0.3 is 14.2 Å². The molecule has 0 aliphatic heterocycles. The number of benzene rings is 1. The maximum absolute atomic E-state index is 12.4. The van der Waals surface area contributed by atoms with Gasteiger partial charge in [-0.15, -0.1) is 0 Å². The highest BCUT2D eigenvalue weighted by Gasteiger charge is 2.30. The number of sulfonamides is 1. The van der Waals surface area contributed by atoms with E-state index in [2.05, 4.69) is 9.46 Å². The van der Waals surface area contributed by atoms with Gasteiger partial charge in [-0.25, -0.2) is 22.7 Å². The standard InChI is InChI=1S/C15H19NO7S/c1-9(14(17)22-3)23-15(18)10-4-7-12(21-2)13(8-10)24(19,20)16-11-5-6-11/h4,7-9,11,16H,5-6H2,1-3H3/t9-/m1/s1. The van der Waals surface area contributed by atoms with E-state index >= 15 is 0 Å². The van der Waals surface area contributed by atoms with Crippen molar-refractivity contribution in [2.75, 3.05) is 14.2 Å². The van der Waals surface area contributed by atoms with Crippen molar-refractivity contribution in [2.24, 2.45) is 0 Å². The van der Waals surface area contributed by atoms with Crippen LogP contribution in [0.15, 0.2) is 23.1 Å². The number of hydrogen-bond acceptors (Lipinski definition) is 7. The van der Waals surface area contributed by atoms with Gasteiger partial charge in [0.1, 0.15) is 10.6 Å². The highest BCUT2D eigenvalue weighted by atomic mass is 32.2. The van der Waals surface area contributed by atoms with Gasteiger partial charge in [0.15, 0.2) is 6.10 Å². The topological polar surface area (TPSA) is 108 Å². The van der Waals surface area contributed by atoms with Gasteiger partial charge in [0.25, 0.3) is 0 Å². The van der Waals surface area contributed by atoms with Gasteiger partial charge in [-0.05, 0) is 38.0 Å². The highest BCUT2D eigenvalue weighted by molar-refractivity contribution is 7.89. The van der Waals surface area contributed by atoms with E-state index < -0.39 is 28.1 Å². The number of carbonyl (C=O) groups excluding carboxylic acids is 2. The number of nitrogens with one attached hydrogen (secondary N) is 1. The molecule has 0 bridgehead atoms. The van der Waals surface area contributed by atoms with E-state index in [1.165, 1.54) is 33.3 Å². The Morgan fingerprint density at radius 1 is 1.25 bits per heavy atom. The van der Waals surface area contributed by atoms with Gasteiger partial charge in [0.2, 0.25) is 10.0 Å². The number of hydrogen-bond donors (Lipinski definition) is 1. The summed E-state index contributed by atoms with van der Waals surface area (Å²) in [6, 6.07) is 3.80. The van der Waals surface area contributed by atoms with Gasteiger partial charge in [0.05, 0.1) is 19.8 Å². The molecule has 1 saturated carbocycles. The molecule has 9 heteroatoms. The van der Waals surface area contributed by atoms with Crippen LogP contribution < -0.4 is 9.46 Å². The molecule has 1 fully saturated rings. The molecule has 0 spiro atoms. The fourth-order valence-electron chi connectivity index (χ4n) is 1.94. The zero-order chi connectivity index (χ0) is 17.9. The number of esters is 2. The summed E-state index contributed by atoms with van der Waals surface area (Å²) in [7, 11) is -1.31. The molecule has 1 aromatic carbocycles. The first-order chi connectivity index (χ1) is 11.3. The summed E-state index contributed by atoms with van der Waals surface area (Å²) >= 11 is 0. The first-order valence-electron chi connectivity index (χ1n) is 7.27. The summed E-state index contributed by atoms with van der Waals surface area (Å²) in [6.07, 6.45) is 0.453. The van der Waals surface area contributed by atoms with Crippen molar-refractivity contribution in [3.8, 4) is 5.75 Å². The predicted octanol–water partition coefficient (Wildman–Crippen LogP) is 0.854. The molecular formula is C15H19NO7S. The minimum absolute atomic E-state index is 0.0114. The number of ether oxygens (including phenoxy) is 3. The molecular weight excluding hydrogens is 338 g/mol. The Labute approximate surface area is 140 Å². The first-order valence-corrected chi connectivity index (χ1v) is 8.76. The molecule has 1 aliphatic rings. The Hall–Kier alpha value is -2.13. The monoisotopic (exact) mass is 357 g/mol. The van der Waals surface area contributed by atoms with E-state index in [9.17, 15) is 18.0 Å². The minimum atomic E-state index is -3.82. The van der Waals surface area contributed by atoms with Crippen LogP contribution in [0.2, 0.25) is 0 Å². The molecule has 0 amide bonds. The summed E-state index contributed by atoms with van der Waals surface area (Å²) in [6.45, 7) is 1.36. The molecule has 0 aromatic heterocycles. The molecule has 24 heavy (non-hydrogen) atoms. The molecule has 1 aromatic rings. The highest BCUT2D eigenvalue weighted by Crippen LogP contribution is 2.28. The Balaban J connectivity index is 2.27. The van der Waals surface area contributed by atoms with Crippen LogP contribution >= 0.6 is 0 Å². The van der Waals surface area contributed by atoms with Crippen LogP contribution in [0.1, 0.15) is 30.1 Å². The van der Waals surface area contributed by atoms with Crippen molar-refractivity contribution < 1.29 is 32.2 Å². The molecule has 2 rings (SSSR count). The van der Waals surface area contributed by atoms with Crippen molar-refractivity contribution in [3.05, 3.63) is 23.8 Å². The van der Waals surface area contributed by atoms with E-state index in [1.807, 2.05) is 0 Å². The smallest absolute Gasteiger partial charge is 0.346 e. The second kappa shape index (κ2) is 7.18. The largest absolute Gasteiger partial charge is 0.495 e. The lowest BCUT2D eigenvalue weighted by Gasteiger charge is -2.13. The normalized spacial score (nSPS) is 15.5. The van der Waals surface area contributed by atoms with Gasteiger partial charge >= 0.3 is 11.9 Å². The molecule has 1 aliphatic carbocycles. The quantitative estimate of drug-likeness (QED) is 0.721. The molecule has 132 valence electrons. The van der Waals surface area contributed by atoms with Crippen LogP contribution in [0.5, 0.6) is 5.75 Å². The summed E-state index contributed by atoms with van der Waals surface area (Å²) in [5, 5.41) is 0. The first kappa shape index (κ1) is 18.2. The minimum Gasteiger partial charge on any atom is -0.495 e. The van der Waals surface area contributed by atoms with E-state index in [4.69, 9.17) is 9.47 Å². The molecule has 0 radical (unpaired) electrons. The Kier molecular flexibility index (Phi) is 5.45. The van der Waals surface area contributed by atoms with Gasteiger partial charge in [0, 0.05) is 6.04 Å². The summed E-state index contributed by atoms with van der Waals surface area (Å²) in [5.41, 5.74) is -0.0114. The Morgan fingerprint density at radius 2 is 1.92 bits per heavy atom. The van der Waals surface area contributed by atoms with Crippen LogP contribution in [0, 0.1) is 0 Å². The second-order valence-corrected chi connectivity index (χ2v) is 7.01. The average Bonchev–Trinajstić information content (AvgIpc) is 3.36. The Morgan fingerprint density at radius 3 is 2.46 bits per heavy atom. The zero-order valence-corrected chi connectivity index (χ0v) is 14.4. The lowest BCUT2D eigenvalue weighted by Crippen LogP contribution is -2.27. The fourth-order valence-corrected chi connectivity index (χ4v) is 3.44. The van der Waals surface area contributed by atoms with Crippen LogP contribution in [-0.4, -0.2) is 46.7 Å². The third-order valence-electron chi connectivity index (χ3n) is 3.40. The zero-order valence-electron chi connectivity index (χ0n) is 13.6. The van der Waals surface area contributed by atoms with Gasteiger partial charge in [-0.2, -0.15) is 0 Å². The third-order valence-corrected chi connectivity index (χ3v) is 4.95. The molecule has 0 unspecified atom stereocenters. The number of rotatable bonds is 7. The van der Waals surface area contributed by atoms with Crippen molar-refractivity contribution >= 4 is 22.0 Å². The fraction of sp³-hybridized carbons (Fsp3) is 0.467. The van der Waals surface area contributed by atoms with Gasteiger partial charge in [-0.3, -0.25) is 0 Å². The van der Waals surface area contributed by atoms with Crippen LogP contribution in [-0.2, 0) is 24.3 Å². The predicted molar refractivity (Wildman–Crippen MR) is 83.2 cm³/mol. The number of methoxy groups -OCH3 is 2. The lowest BCUT2D eigenvalue weighted by atomic mass is 10.2. The number of carbonyl (C=O) groups is 2. The summed E-state index contributed by atoms with van der Waals surface area (Å²) in [5.74, 6) is -1.43. The van der Waals surface area contributed by atoms with E-state index in [-0.39, 0.29) is 22.3 Å². The molecule has 1 atom stereocenters. The lowest BCUT2D eigenvalue weighted by molar-refractivity contribution is -0.149. The SMILES string of the molecule is COC(=O)[C@@H](C)OC(=O)c1ccc(OC)c(S(=O)(=O)NC2CC2)c1. The van der Waals surface area contributed by atoms with Gasteiger partial charge in [-0.1, -0.05) is 0 Å². The van der Waals surface area contributed by atoms with Crippen LogP contribution in [0.25, 0.3) is 0 Å². The third kappa shape index (κ3) is 4.24. The van der Waals surface area contributed by atoms with E-state index in [1.54, 1.807) is 0 Å². The molecule has 1 N–H and O–H groups in total. The molecule has 8 nitrogen and oxygen atoms in total. The maximum Gasteiger partial charge on any atom is 0.346 e. The Bertz CT molecular complexity index is 740. The van der Waals surface area contributed by atoms with E-state index in [0.717, 1.165) is 18.9 Å². The van der Waals surface area contributed by atoms with Crippen molar-refractivity contribution in [2.45, 2.75) is 36.8 Å². The summed E-state index contributed by atoms with van der Waals surface area (Å²) in [4.78, 5) is 23.3. The van der Waals surface area contributed by atoms with Crippen molar-refractivity contribution in [1.29, 1.82) is 0 Å². The molecule has 0 saturated heterocycles. The van der Waals surface area contributed by atoms with Crippen molar-refractivity contribution in [1.82, 2.24) is 4.72 Å². The van der Waals surface area contributed by atoms with Crippen LogP contribution in [0.3, 0.4) is 0 Å². The second-order valence-electron chi connectivity index (χ2n) is 5.33. The van der Waals surface area contributed by atoms with E-state index in [0.29, 0.717) is 0 Å².